The zero-order valence-corrected chi connectivity index (χ0v) is 24.7. The molecule has 0 saturated heterocycles. The Bertz CT molecular complexity index is 1770. The van der Waals surface area contributed by atoms with Crippen molar-refractivity contribution in [2.75, 3.05) is 5.32 Å². The lowest BCUT2D eigenvalue weighted by Gasteiger charge is -2.43. The van der Waals surface area contributed by atoms with Crippen molar-refractivity contribution in [1.29, 1.82) is 0 Å². The van der Waals surface area contributed by atoms with Crippen LogP contribution >= 0.6 is 0 Å². The molecule has 2 aliphatic carbocycles. The number of ether oxygens (including phenoxy) is 1. The molecule has 9 nitrogen and oxygen atoms in total. The lowest BCUT2D eigenvalue weighted by molar-refractivity contribution is 0.0377. The van der Waals surface area contributed by atoms with Crippen molar-refractivity contribution in [2.45, 2.75) is 70.1 Å². The second-order valence-electron chi connectivity index (χ2n) is 12.5. The van der Waals surface area contributed by atoms with Gasteiger partial charge < -0.3 is 15.4 Å². The van der Waals surface area contributed by atoms with Gasteiger partial charge >= 0.3 is 6.09 Å². The molecule has 2 N–H and O–H groups in total. The van der Waals surface area contributed by atoms with E-state index in [0.717, 1.165) is 65.9 Å². The van der Waals surface area contributed by atoms with Crippen LogP contribution in [0, 0.1) is 0 Å². The number of nitrogens with zero attached hydrogens (tertiary/aromatic N) is 5. The maximum atomic E-state index is 12.7. The number of alkyl carbamates (subject to hydrolysis) is 1. The smallest absolute Gasteiger partial charge is 0.408 e. The zero-order valence-electron chi connectivity index (χ0n) is 24.7. The molecule has 5 aromatic rings. The predicted octanol–water partition coefficient (Wildman–Crippen LogP) is 7.00. The van der Waals surface area contributed by atoms with Crippen molar-refractivity contribution < 1.29 is 9.53 Å². The van der Waals surface area contributed by atoms with Gasteiger partial charge in [-0.05, 0) is 76.1 Å². The van der Waals surface area contributed by atoms with Crippen LogP contribution in [-0.4, -0.2) is 42.3 Å². The Morgan fingerprint density at radius 2 is 1.67 bits per heavy atom. The number of benzene rings is 2. The van der Waals surface area contributed by atoms with Gasteiger partial charge in [-0.15, -0.1) is 5.10 Å². The van der Waals surface area contributed by atoms with Crippen LogP contribution in [0.15, 0.2) is 79.0 Å². The maximum Gasteiger partial charge on any atom is 0.408 e. The number of amides is 1. The number of fused-ring (bicyclic) bond motifs is 1. The highest BCUT2D eigenvalue weighted by molar-refractivity contribution is 5.90. The van der Waals surface area contributed by atoms with E-state index in [1.54, 1.807) is 6.20 Å². The van der Waals surface area contributed by atoms with E-state index in [4.69, 9.17) is 19.8 Å². The highest BCUT2D eigenvalue weighted by atomic mass is 16.6. The van der Waals surface area contributed by atoms with E-state index >= 15 is 0 Å². The fraction of sp³-hybridized carbons (Fsp3) is 0.324. The van der Waals surface area contributed by atoms with Gasteiger partial charge in [-0.2, -0.15) is 9.50 Å². The molecule has 2 fully saturated rings. The summed E-state index contributed by atoms with van der Waals surface area (Å²) in [5.74, 6) is 1.90. The number of anilines is 1. The Morgan fingerprint density at radius 1 is 0.930 bits per heavy atom. The lowest BCUT2D eigenvalue weighted by atomic mass is 9.71. The van der Waals surface area contributed by atoms with Crippen molar-refractivity contribution >= 4 is 17.7 Å². The summed E-state index contributed by atoms with van der Waals surface area (Å²) in [4.78, 5) is 27.1. The number of hydrogen-bond acceptors (Lipinski definition) is 7. The predicted molar refractivity (Wildman–Crippen MR) is 166 cm³/mol. The molecule has 43 heavy (non-hydrogen) atoms. The van der Waals surface area contributed by atoms with Crippen molar-refractivity contribution in [1.82, 2.24) is 29.9 Å². The third-order valence-electron chi connectivity index (χ3n) is 8.02. The number of pyridine rings is 1. The molecule has 0 unspecified atom stereocenters. The summed E-state index contributed by atoms with van der Waals surface area (Å²) < 4.78 is 7.40. The Hall–Kier alpha value is -4.79. The summed E-state index contributed by atoms with van der Waals surface area (Å²) in [7, 11) is 0. The minimum atomic E-state index is -0.554. The van der Waals surface area contributed by atoms with Crippen LogP contribution in [0.25, 0.3) is 39.7 Å². The third kappa shape index (κ3) is 5.43. The molecule has 7 rings (SSSR count). The monoisotopic (exact) mass is 573 g/mol. The second kappa shape index (κ2) is 10.5. The quantitative estimate of drug-likeness (QED) is 0.216. The first kappa shape index (κ1) is 27.1. The minimum absolute atomic E-state index is 0.378. The molecule has 0 bridgehead atoms. The molecule has 1 amide bonds. The zero-order chi connectivity index (χ0) is 29.6. The van der Waals surface area contributed by atoms with Crippen LogP contribution in [0.4, 0.5) is 10.6 Å². The number of rotatable bonds is 7. The molecule has 3 aromatic heterocycles. The fourth-order valence-corrected chi connectivity index (χ4v) is 5.61. The number of hydrogen-bond donors (Lipinski definition) is 2. The van der Waals surface area contributed by atoms with Crippen LogP contribution in [0.3, 0.4) is 0 Å². The van der Waals surface area contributed by atoms with Crippen molar-refractivity contribution in [3.05, 3.63) is 84.6 Å². The third-order valence-corrected chi connectivity index (χ3v) is 8.02. The Balaban J connectivity index is 1.34. The summed E-state index contributed by atoms with van der Waals surface area (Å²) in [5, 5.41) is 11.8. The van der Waals surface area contributed by atoms with Gasteiger partial charge in [-0.25, -0.2) is 9.78 Å². The molecule has 2 aromatic carbocycles. The molecular weight excluding hydrogens is 538 g/mol. The highest BCUT2D eigenvalue weighted by Crippen LogP contribution is 2.43. The molecule has 0 spiro atoms. The Labute approximate surface area is 250 Å². The number of nitrogens with one attached hydrogen (secondary N) is 2. The van der Waals surface area contributed by atoms with Crippen molar-refractivity contribution in [3.63, 3.8) is 0 Å². The van der Waals surface area contributed by atoms with E-state index in [0.29, 0.717) is 23.3 Å². The van der Waals surface area contributed by atoms with Gasteiger partial charge in [0.15, 0.2) is 0 Å². The molecule has 0 atom stereocenters. The van der Waals surface area contributed by atoms with E-state index < -0.39 is 11.1 Å². The molecule has 3 heterocycles. The fourth-order valence-electron chi connectivity index (χ4n) is 5.61. The summed E-state index contributed by atoms with van der Waals surface area (Å²) in [5.41, 5.74) is 4.55. The summed E-state index contributed by atoms with van der Waals surface area (Å²) in [6.07, 6.45) is 6.36. The molecule has 2 saturated carbocycles. The van der Waals surface area contributed by atoms with E-state index in [2.05, 4.69) is 52.0 Å². The average molecular weight is 574 g/mol. The normalized spacial score (nSPS) is 16.0. The molecule has 0 radical (unpaired) electrons. The van der Waals surface area contributed by atoms with Gasteiger partial charge in [0, 0.05) is 17.8 Å². The Kier molecular flexibility index (Phi) is 6.60. The second-order valence-corrected chi connectivity index (χ2v) is 12.5. The number of aromatic nitrogens is 5. The largest absolute Gasteiger partial charge is 0.444 e. The van der Waals surface area contributed by atoms with Gasteiger partial charge in [0.1, 0.15) is 17.1 Å². The standard InChI is InChI=1S/C34H35N7O2/c1-33(2,3)43-32(42)39-34(19-9-20-34)24-15-13-23(14-16-24)28-27(22-10-5-4-6-11-22)30(36-25-17-18-25)41-31(37-28)38-29(40-41)26-12-7-8-21-35-26/h4-8,10-16,21,25,36H,9,17-20H2,1-3H3,(H,39,42). The number of carbonyl (C=O) groups excluding carboxylic acids is 1. The van der Waals surface area contributed by atoms with Gasteiger partial charge in [0.05, 0.1) is 16.8 Å². The maximum absolute atomic E-state index is 12.7. The lowest BCUT2D eigenvalue weighted by Crippen LogP contribution is -2.52. The molecular formula is C34H35N7O2. The molecule has 2 aliphatic rings. The first-order chi connectivity index (χ1) is 20.8. The highest BCUT2D eigenvalue weighted by Gasteiger charge is 2.41. The SMILES string of the molecule is CC(C)(C)OC(=O)NC1(c2ccc(-c3nc4nc(-c5ccccn5)nn4c(NC4CC4)c3-c3ccccc3)cc2)CCC1. The summed E-state index contributed by atoms with van der Waals surface area (Å²) in [6, 6.07) is 24.8. The molecule has 9 heteroatoms. The first-order valence-electron chi connectivity index (χ1n) is 14.9. The van der Waals surface area contributed by atoms with Gasteiger partial charge in [0.25, 0.3) is 5.78 Å². The van der Waals surface area contributed by atoms with Gasteiger partial charge in [0.2, 0.25) is 5.82 Å². The summed E-state index contributed by atoms with van der Waals surface area (Å²) >= 11 is 0. The Morgan fingerprint density at radius 3 is 2.30 bits per heavy atom. The van der Waals surface area contributed by atoms with Crippen molar-refractivity contribution in [3.8, 4) is 33.9 Å². The molecule has 218 valence electrons. The topological polar surface area (TPSA) is 106 Å². The first-order valence-corrected chi connectivity index (χ1v) is 14.9. The van der Waals surface area contributed by atoms with Crippen LogP contribution in [0.1, 0.15) is 58.4 Å². The molecule has 0 aliphatic heterocycles. The van der Waals surface area contributed by atoms with Gasteiger partial charge in [-0.3, -0.25) is 4.98 Å². The number of carbonyl (C=O) groups is 1. The van der Waals surface area contributed by atoms with Crippen LogP contribution in [0.5, 0.6) is 0 Å². The van der Waals surface area contributed by atoms with E-state index in [1.807, 2.05) is 61.7 Å². The van der Waals surface area contributed by atoms with Crippen LogP contribution < -0.4 is 10.6 Å². The van der Waals surface area contributed by atoms with Crippen molar-refractivity contribution in [2.24, 2.45) is 0 Å². The van der Waals surface area contributed by atoms with Crippen LogP contribution in [-0.2, 0) is 10.3 Å². The average Bonchev–Trinajstić information content (AvgIpc) is 3.69. The van der Waals surface area contributed by atoms with Gasteiger partial charge in [-0.1, -0.05) is 60.7 Å². The minimum Gasteiger partial charge on any atom is -0.444 e. The van der Waals surface area contributed by atoms with E-state index in [-0.39, 0.29) is 6.09 Å². The van der Waals surface area contributed by atoms with E-state index in [9.17, 15) is 4.79 Å². The van der Waals surface area contributed by atoms with E-state index in [1.165, 1.54) is 0 Å². The van der Waals surface area contributed by atoms with Crippen LogP contribution in [0.2, 0.25) is 0 Å². The summed E-state index contributed by atoms with van der Waals surface area (Å²) in [6.45, 7) is 5.64.